The van der Waals surface area contributed by atoms with E-state index in [9.17, 15) is 18.0 Å². The summed E-state index contributed by atoms with van der Waals surface area (Å²) in [5.74, 6) is -1.82. The maximum absolute atomic E-state index is 12.4. The van der Waals surface area contributed by atoms with E-state index in [0.717, 1.165) is 7.11 Å². The summed E-state index contributed by atoms with van der Waals surface area (Å²) in [6.07, 6.45) is -0.708. The third kappa shape index (κ3) is 3.75. The van der Waals surface area contributed by atoms with Gasteiger partial charge in [-0.05, 0) is 6.92 Å². The predicted octanol–water partition coefficient (Wildman–Crippen LogP) is 1.02. The molecule has 0 saturated carbocycles. The smallest absolute Gasteiger partial charge is 0.315 e. The Balaban J connectivity index is 2.36. The largest absolute Gasteiger partial charge is 0.469 e. The molecule has 2 rings (SSSR count). The van der Waals surface area contributed by atoms with Gasteiger partial charge in [0.25, 0.3) is 10.0 Å². The van der Waals surface area contributed by atoms with Gasteiger partial charge in [-0.2, -0.15) is 0 Å². The van der Waals surface area contributed by atoms with Gasteiger partial charge in [0.2, 0.25) is 5.91 Å². The van der Waals surface area contributed by atoms with Crippen LogP contribution in [0.4, 0.5) is 0 Å². The summed E-state index contributed by atoms with van der Waals surface area (Å²) in [6, 6.07) is 8.51. The molecule has 0 saturated heterocycles. The highest BCUT2D eigenvalue weighted by atomic mass is 32.2. The number of esters is 1. The maximum atomic E-state index is 12.4. The molecule has 0 aliphatic heterocycles. The fraction of sp³-hybridized carbons (Fsp3) is 0.214. The van der Waals surface area contributed by atoms with Crippen molar-refractivity contribution < 1.29 is 27.3 Å². The average Bonchev–Trinajstić information content (AvgIpc) is 2.90. The van der Waals surface area contributed by atoms with E-state index in [1.165, 1.54) is 6.92 Å². The van der Waals surface area contributed by atoms with Gasteiger partial charge < -0.3 is 9.26 Å². The first-order valence-corrected chi connectivity index (χ1v) is 7.97. The van der Waals surface area contributed by atoms with E-state index in [0.29, 0.717) is 5.56 Å². The van der Waals surface area contributed by atoms with Crippen molar-refractivity contribution in [3.05, 3.63) is 36.1 Å². The molecule has 0 unspecified atom stereocenters. The van der Waals surface area contributed by atoms with Crippen molar-refractivity contribution in [1.29, 1.82) is 0 Å². The van der Waals surface area contributed by atoms with Crippen LogP contribution in [0.2, 0.25) is 0 Å². The normalized spacial score (nSPS) is 11.0. The SMILES string of the molecule is COC(=O)CC(=O)NS(=O)(=O)c1c(-c2ccccc2)noc1C. The molecule has 8 nitrogen and oxygen atoms in total. The zero-order valence-corrected chi connectivity index (χ0v) is 13.2. The van der Waals surface area contributed by atoms with Gasteiger partial charge in [0.05, 0.1) is 7.11 Å². The highest BCUT2D eigenvalue weighted by Crippen LogP contribution is 2.28. The number of ether oxygens (including phenoxy) is 1. The Bertz CT molecular complexity index is 826. The van der Waals surface area contributed by atoms with Crippen LogP contribution in [0.1, 0.15) is 12.2 Å². The van der Waals surface area contributed by atoms with Gasteiger partial charge in [-0.15, -0.1) is 0 Å². The Hall–Kier alpha value is -2.68. The van der Waals surface area contributed by atoms with Gasteiger partial charge >= 0.3 is 5.97 Å². The number of hydrogen-bond acceptors (Lipinski definition) is 7. The number of benzene rings is 1. The van der Waals surface area contributed by atoms with Crippen LogP contribution in [-0.4, -0.2) is 32.6 Å². The molecule has 0 fully saturated rings. The summed E-state index contributed by atoms with van der Waals surface area (Å²) in [7, 11) is -3.14. The molecule has 0 aliphatic carbocycles. The number of sulfonamides is 1. The van der Waals surface area contributed by atoms with Gasteiger partial charge in [0, 0.05) is 5.56 Å². The third-order valence-corrected chi connectivity index (χ3v) is 4.42. The van der Waals surface area contributed by atoms with Crippen molar-refractivity contribution in [1.82, 2.24) is 9.88 Å². The highest BCUT2D eigenvalue weighted by Gasteiger charge is 2.29. The predicted molar refractivity (Wildman–Crippen MR) is 78.6 cm³/mol. The summed E-state index contributed by atoms with van der Waals surface area (Å²) in [4.78, 5) is 22.4. The molecule has 0 atom stereocenters. The molecule has 0 spiro atoms. The number of rotatable bonds is 5. The standard InChI is InChI=1S/C14H14N2O6S/c1-9-14(13(15-22-9)10-6-4-3-5-7-10)23(19,20)16-11(17)8-12(18)21-2/h3-7H,8H2,1-2H3,(H,16,17). The van der Waals surface area contributed by atoms with E-state index >= 15 is 0 Å². The van der Waals surface area contributed by atoms with Crippen LogP contribution in [0.5, 0.6) is 0 Å². The van der Waals surface area contributed by atoms with Gasteiger partial charge in [0.1, 0.15) is 12.1 Å². The molecular weight excluding hydrogens is 324 g/mol. The third-order valence-electron chi connectivity index (χ3n) is 2.91. The summed E-state index contributed by atoms with van der Waals surface area (Å²) < 4.78 is 35.9. The molecule has 1 aromatic heterocycles. The first kappa shape index (κ1) is 16.7. The van der Waals surface area contributed by atoms with E-state index in [4.69, 9.17) is 4.52 Å². The second-order valence-corrected chi connectivity index (χ2v) is 6.18. The molecule has 0 aliphatic rings. The minimum absolute atomic E-state index is 0.0298. The molecular formula is C14H14N2O6S. The van der Waals surface area contributed by atoms with Crippen LogP contribution in [0.25, 0.3) is 11.3 Å². The Labute approximate surface area is 132 Å². The highest BCUT2D eigenvalue weighted by molar-refractivity contribution is 7.90. The lowest BCUT2D eigenvalue weighted by Crippen LogP contribution is -2.32. The summed E-state index contributed by atoms with van der Waals surface area (Å²) in [5, 5.41) is 3.74. The summed E-state index contributed by atoms with van der Waals surface area (Å²) >= 11 is 0. The second-order valence-electron chi connectivity index (χ2n) is 4.56. The van der Waals surface area contributed by atoms with Crippen LogP contribution in [0, 0.1) is 6.92 Å². The number of methoxy groups -OCH3 is 1. The molecule has 0 radical (unpaired) electrons. The molecule has 9 heteroatoms. The van der Waals surface area contributed by atoms with Crippen LogP contribution in [0.3, 0.4) is 0 Å². The number of hydrogen-bond donors (Lipinski definition) is 1. The van der Waals surface area contributed by atoms with E-state index in [2.05, 4.69) is 9.89 Å². The molecule has 23 heavy (non-hydrogen) atoms. The maximum Gasteiger partial charge on any atom is 0.315 e. The van der Waals surface area contributed by atoms with Crippen LogP contribution in [0.15, 0.2) is 39.8 Å². The quantitative estimate of drug-likeness (QED) is 0.639. The van der Waals surface area contributed by atoms with Gasteiger partial charge in [-0.1, -0.05) is 35.5 Å². The number of amides is 1. The van der Waals surface area contributed by atoms with Crippen molar-refractivity contribution in [2.75, 3.05) is 7.11 Å². The molecule has 2 aromatic rings. The monoisotopic (exact) mass is 338 g/mol. The fourth-order valence-corrected chi connectivity index (χ4v) is 3.20. The van der Waals surface area contributed by atoms with Crippen LogP contribution >= 0.6 is 0 Å². The van der Waals surface area contributed by atoms with Crippen molar-refractivity contribution >= 4 is 21.9 Å². The van der Waals surface area contributed by atoms with Gasteiger partial charge in [-0.3, -0.25) is 9.59 Å². The Morgan fingerprint density at radius 2 is 1.91 bits per heavy atom. The second kappa shape index (κ2) is 6.61. The number of aromatic nitrogens is 1. The lowest BCUT2D eigenvalue weighted by atomic mass is 10.1. The van der Waals surface area contributed by atoms with Crippen molar-refractivity contribution in [2.45, 2.75) is 18.2 Å². The summed E-state index contributed by atoms with van der Waals surface area (Å²) in [6.45, 7) is 1.42. The lowest BCUT2D eigenvalue weighted by molar-refractivity contribution is -0.143. The first-order chi connectivity index (χ1) is 10.8. The number of aryl methyl sites for hydroxylation is 1. The van der Waals surface area contributed by atoms with Crippen LogP contribution in [-0.2, 0) is 24.3 Å². The van der Waals surface area contributed by atoms with Crippen molar-refractivity contribution in [3.63, 3.8) is 0 Å². The minimum atomic E-state index is -4.24. The topological polar surface area (TPSA) is 116 Å². The zero-order valence-electron chi connectivity index (χ0n) is 12.4. The molecule has 1 amide bonds. The number of nitrogens with zero attached hydrogens (tertiary/aromatic N) is 1. The van der Waals surface area contributed by atoms with Crippen LogP contribution < -0.4 is 4.72 Å². The molecule has 1 N–H and O–H groups in total. The molecule has 122 valence electrons. The van der Waals surface area contributed by atoms with Crippen molar-refractivity contribution in [2.24, 2.45) is 0 Å². The average molecular weight is 338 g/mol. The zero-order chi connectivity index (χ0) is 17.0. The fourth-order valence-electron chi connectivity index (χ4n) is 1.90. The summed E-state index contributed by atoms with van der Waals surface area (Å²) in [5.41, 5.74) is 0.603. The molecule has 1 aromatic carbocycles. The van der Waals surface area contributed by atoms with Crippen molar-refractivity contribution in [3.8, 4) is 11.3 Å². The lowest BCUT2D eigenvalue weighted by Gasteiger charge is -2.07. The Morgan fingerprint density at radius 1 is 1.26 bits per heavy atom. The first-order valence-electron chi connectivity index (χ1n) is 6.49. The molecule has 1 heterocycles. The Morgan fingerprint density at radius 3 is 2.52 bits per heavy atom. The number of carbonyl (C=O) groups is 2. The number of carbonyl (C=O) groups excluding carboxylic acids is 2. The minimum Gasteiger partial charge on any atom is -0.469 e. The van der Waals surface area contributed by atoms with Gasteiger partial charge in [-0.25, -0.2) is 13.1 Å². The number of nitrogens with one attached hydrogen (secondary N) is 1. The van der Waals surface area contributed by atoms with E-state index in [1.54, 1.807) is 30.3 Å². The van der Waals surface area contributed by atoms with E-state index in [1.807, 2.05) is 4.72 Å². The van der Waals surface area contributed by atoms with E-state index in [-0.39, 0.29) is 16.3 Å². The molecule has 0 bridgehead atoms. The van der Waals surface area contributed by atoms with E-state index < -0.39 is 28.3 Å². The van der Waals surface area contributed by atoms with Gasteiger partial charge in [0.15, 0.2) is 10.7 Å². The Kier molecular flexibility index (Phi) is 4.80.